The molecule has 6 nitrogen and oxygen atoms in total. The number of nitrogens with two attached hydrogens (primary N) is 1. The van der Waals surface area contributed by atoms with Crippen molar-refractivity contribution >= 4 is 11.7 Å². The van der Waals surface area contributed by atoms with Gasteiger partial charge in [-0.2, -0.15) is 0 Å². The molecule has 2 rings (SSSR count). The molecule has 0 aromatic heterocycles. The molecule has 0 aromatic rings. The predicted molar refractivity (Wildman–Crippen MR) is 82.1 cm³/mol. The summed E-state index contributed by atoms with van der Waals surface area (Å²) in [5, 5.41) is 12.0. The van der Waals surface area contributed by atoms with Crippen LogP contribution in [0.4, 0.5) is 0 Å². The Balaban J connectivity index is 1.89. The lowest BCUT2D eigenvalue weighted by Crippen LogP contribution is -2.56. The Hall–Kier alpha value is -1.30. The second-order valence-electron chi connectivity index (χ2n) is 6.32. The Kier molecular flexibility index (Phi) is 5.45. The van der Waals surface area contributed by atoms with Crippen LogP contribution in [0.25, 0.3) is 0 Å². The van der Waals surface area contributed by atoms with E-state index in [0.29, 0.717) is 11.8 Å². The first-order valence-electron chi connectivity index (χ1n) is 8.08. The first-order valence-corrected chi connectivity index (χ1v) is 8.08. The summed E-state index contributed by atoms with van der Waals surface area (Å²) in [4.78, 5) is 16.8. The highest BCUT2D eigenvalue weighted by molar-refractivity contribution is 5.85. The van der Waals surface area contributed by atoms with Gasteiger partial charge in [-0.1, -0.05) is 25.4 Å². The molecule has 1 heterocycles. The number of amidine groups is 1. The summed E-state index contributed by atoms with van der Waals surface area (Å²) in [5.41, 5.74) is 5.75. The van der Waals surface area contributed by atoms with Crippen molar-refractivity contribution in [1.29, 1.82) is 0 Å². The van der Waals surface area contributed by atoms with Crippen LogP contribution in [-0.2, 0) is 4.79 Å². The highest BCUT2D eigenvalue weighted by atomic mass is 16.4. The van der Waals surface area contributed by atoms with Crippen LogP contribution in [0.5, 0.6) is 0 Å². The molecule has 1 amide bonds. The molecular formula is C15H28N4O2. The first-order chi connectivity index (χ1) is 10.1. The molecular weight excluding hydrogens is 268 g/mol. The fourth-order valence-electron chi connectivity index (χ4n) is 3.72. The van der Waals surface area contributed by atoms with Gasteiger partial charge in [0.05, 0.1) is 6.04 Å². The van der Waals surface area contributed by atoms with Gasteiger partial charge < -0.3 is 15.8 Å². The van der Waals surface area contributed by atoms with Gasteiger partial charge in [-0.25, -0.2) is 0 Å². The molecule has 0 spiro atoms. The van der Waals surface area contributed by atoms with Gasteiger partial charge in [0.2, 0.25) is 5.91 Å². The number of piperazine rings is 1. The standard InChI is InChI=1S/C15H28N4O2/c1-3-13(14(16)17-21)18-7-9-19(10-8-18)15(20)12-6-4-5-11(12)2/h11-13,21H,3-10H2,1-2H3,(H2,16,17). The zero-order chi connectivity index (χ0) is 15.4. The number of nitrogens with zero attached hydrogens (tertiary/aromatic N) is 3. The van der Waals surface area contributed by atoms with Crippen molar-refractivity contribution in [2.45, 2.75) is 45.6 Å². The summed E-state index contributed by atoms with van der Waals surface area (Å²) in [7, 11) is 0. The molecule has 1 saturated carbocycles. The summed E-state index contributed by atoms with van der Waals surface area (Å²) in [5.74, 6) is 1.34. The van der Waals surface area contributed by atoms with Crippen molar-refractivity contribution in [3.05, 3.63) is 0 Å². The molecule has 0 bridgehead atoms. The van der Waals surface area contributed by atoms with Gasteiger partial charge in [0, 0.05) is 32.1 Å². The lowest BCUT2D eigenvalue weighted by atomic mass is 9.96. The van der Waals surface area contributed by atoms with E-state index in [-0.39, 0.29) is 17.8 Å². The number of carbonyl (C=O) groups excluding carboxylic acids is 1. The number of rotatable bonds is 4. The second kappa shape index (κ2) is 7.11. The Morgan fingerprint density at radius 2 is 2.00 bits per heavy atom. The summed E-state index contributed by atoms with van der Waals surface area (Å²) in [6.07, 6.45) is 4.21. The topological polar surface area (TPSA) is 82.2 Å². The molecule has 3 N–H and O–H groups in total. The fourth-order valence-corrected chi connectivity index (χ4v) is 3.72. The van der Waals surface area contributed by atoms with Crippen molar-refractivity contribution in [3.63, 3.8) is 0 Å². The third-order valence-corrected chi connectivity index (χ3v) is 5.09. The molecule has 2 aliphatic rings. The maximum atomic E-state index is 12.6. The van der Waals surface area contributed by atoms with E-state index < -0.39 is 0 Å². The molecule has 21 heavy (non-hydrogen) atoms. The summed E-state index contributed by atoms with van der Waals surface area (Å²) < 4.78 is 0. The molecule has 2 fully saturated rings. The SMILES string of the molecule is CCC(C(N)=NO)N1CCN(C(=O)C2CCCC2C)CC1. The Morgan fingerprint density at radius 3 is 2.48 bits per heavy atom. The first kappa shape index (κ1) is 16.1. The minimum Gasteiger partial charge on any atom is -0.409 e. The maximum absolute atomic E-state index is 12.6. The van der Waals surface area contributed by atoms with Crippen LogP contribution in [0.1, 0.15) is 39.5 Å². The van der Waals surface area contributed by atoms with Gasteiger partial charge in [-0.15, -0.1) is 0 Å². The number of carbonyl (C=O) groups is 1. The summed E-state index contributed by atoms with van der Waals surface area (Å²) >= 11 is 0. The predicted octanol–water partition coefficient (Wildman–Crippen LogP) is 1.09. The monoisotopic (exact) mass is 296 g/mol. The van der Waals surface area contributed by atoms with Crippen molar-refractivity contribution in [2.24, 2.45) is 22.7 Å². The van der Waals surface area contributed by atoms with E-state index in [9.17, 15) is 4.79 Å². The van der Waals surface area contributed by atoms with Crippen molar-refractivity contribution in [3.8, 4) is 0 Å². The van der Waals surface area contributed by atoms with Gasteiger partial charge in [-0.05, 0) is 25.2 Å². The van der Waals surface area contributed by atoms with E-state index in [4.69, 9.17) is 10.9 Å². The van der Waals surface area contributed by atoms with E-state index in [1.807, 2.05) is 11.8 Å². The molecule has 1 aliphatic heterocycles. The van der Waals surface area contributed by atoms with Gasteiger partial charge in [0.15, 0.2) is 5.84 Å². The van der Waals surface area contributed by atoms with Gasteiger partial charge >= 0.3 is 0 Å². The quantitative estimate of drug-likeness (QED) is 0.352. The van der Waals surface area contributed by atoms with E-state index in [2.05, 4.69) is 17.0 Å². The maximum Gasteiger partial charge on any atom is 0.226 e. The van der Waals surface area contributed by atoms with Gasteiger partial charge in [0.1, 0.15) is 0 Å². The lowest BCUT2D eigenvalue weighted by Gasteiger charge is -2.39. The smallest absolute Gasteiger partial charge is 0.226 e. The van der Waals surface area contributed by atoms with Crippen molar-refractivity contribution in [2.75, 3.05) is 26.2 Å². The average Bonchev–Trinajstić information content (AvgIpc) is 2.94. The average molecular weight is 296 g/mol. The number of hydrogen-bond acceptors (Lipinski definition) is 4. The number of amides is 1. The zero-order valence-electron chi connectivity index (χ0n) is 13.2. The molecule has 0 radical (unpaired) electrons. The molecule has 6 heteroatoms. The van der Waals surface area contributed by atoms with Crippen LogP contribution in [0.2, 0.25) is 0 Å². The minimum atomic E-state index is -0.0299. The summed E-state index contributed by atoms with van der Waals surface area (Å²) in [6.45, 7) is 7.30. The van der Waals surface area contributed by atoms with E-state index >= 15 is 0 Å². The van der Waals surface area contributed by atoms with E-state index in [1.165, 1.54) is 12.8 Å². The molecule has 1 aliphatic carbocycles. The molecule has 3 unspecified atom stereocenters. The number of oxime groups is 1. The van der Waals surface area contributed by atoms with E-state index in [1.54, 1.807) is 0 Å². The van der Waals surface area contributed by atoms with Crippen LogP contribution in [0.15, 0.2) is 5.16 Å². The molecule has 3 atom stereocenters. The Bertz CT molecular complexity index is 391. The molecule has 120 valence electrons. The van der Waals surface area contributed by atoms with Crippen LogP contribution in [-0.4, -0.2) is 59.0 Å². The Labute approximate surface area is 127 Å². The molecule has 0 aromatic carbocycles. The second-order valence-corrected chi connectivity index (χ2v) is 6.32. The molecule has 1 saturated heterocycles. The zero-order valence-corrected chi connectivity index (χ0v) is 13.2. The lowest BCUT2D eigenvalue weighted by molar-refractivity contribution is -0.138. The number of hydrogen-bond donors (Lipinski definition) is 2. The highest BCUT2D eigenvalue weighted by Crippen LogP contribution is 2.32. The van der Waals surface area contributed by atoms with Crippen molar-refractivity contribution < 1.29 is 10.0 Å². The van der Waals surface area contributed by atoms with Crippen molar-refractivity contribution in [1.82, 2.24) is 9.80 Å². The normalized spacial score (nSPS) is 29.6. The van der Waals surface area contributed by atoms with Crippen LogP contribution in [0.3, 0.4) is 0 Å². The highest BCUT2D eigenvalue weighted by Gasteiger charge is 2.35. The largest absolute Gasteiger partial charge is 0.409 e. The minimum absolute atomic E-state index is 0.0299. The van der Waals surface area contributed by atoms with Crippen LogP contribution < -0.4 is 5.73 Å². The Morgan fingerprint density at radius 1 is 1.33 bits per heavy atom. The van der Waals surface area contributed by atoms with Crippen LogP contribution in [0, 0.1) is 11.8 Å². The van der Waals surface area contributed by atoms with Gasteiger partial charge in [-0.3, -0.25) is 9.69 Å². The van der Waals surface area contributed by atoms with E-state index in [0.717, 1.165) is 39.0 Å². The third kappa shape index (κ3) is 3.48. The summed E-state index contributed by atoms with van der Waals surface area (Å²) in [6, 6.07) is -0.0299. The van der Waals surface area contributed by atoms with Gasteiger partial charge in [0.25, 0.3) is 0 Å². The van der Waals surface area contributed by atoms with Crippen LogP contribution >= 0.6 is 0 Å². The fraction of sp³-hybridized carbons (Fsp3) is 0.867. The third-order valence-electron chi connectivity index (χ3n) is 5.09.